The third kappa shape index (κ3) is 17.0. The predicted molar refractivity (Wildman–Crippen MR) is 197 cm³/mol. The van der Waals surface area contributed by atoms with Crippen LogP contribution in [0.2, 0.25) is 0 Å². The lowest BCUT2D eigenvalue weighted by molar-refractivity contribution is 0.0125. The van der Waals surface area contributed by atoms with Gasteiger partial charge in [-0.15, -0.1) is 0 Å². The van der Waals surface area contributed by atoms with Gasteiger partial charge >= 0.3 is 12.2 Å². The van der Waals surface area contributed by atoms with E-state index >= 15 is 0 Å². The van der Waals surface area contributed by atoms with Gasteiger partial charge in [0.1, 0.15) is 11.2 Å². The van der Waals surface area contributed by atoms with Gasteiger partial charge in [-0.25, -0.2) is 18.0 Å². The van der Waals surface area contributed by atoms with Crippen LogP contribution >= 0.6 is 10.7 Å². The number of hydrogen-bond acceptors (Lipinski definition) is 10. The number of aliphatic hydroxyl groups is 1. The summed E-state index contributed by atoms with van der Waals surface area (Å²) in [5.41, 5.74) is 1.01. The first-order valence-corrected chi connectivity index (χ1v) is 20.7. The summed E-state index contributed by atoms with van der Waals surface area (Å²) >= 11 is 0. The van der Waals surface area contributed by atoms with Crippen LogP contribution in [0.1, 0.15) is 78.4 Å². The van der Waals surface area contributed by atoms with Gasteiger partial charge in [0.15, 0.2) is 0 Å². The van der Waals surface area contributed by atoms with E-state index in [4.69, 9.17) is 29.4 Å². The largest absolute Gasteiger partial charge is 0.444 e. The number of piperidine rings is 2. The van der Waals surface area contributed by atoms with Gasteiger partial charge in [0.05, 0.1) is 16.4 Å². The first kappa shape index (κ1) is 44.3. The molecule has 2 aliphatic heterocycles. The molecule has 12 nitrogen and oxygen atoms in total. The molecule has 0 saturated carbocycles. The molecule has 2 fully saturated rings. The van der Waals surface area contributed by atoms with Crippen LogP contribution < -0.4 is 0 Å². The van der Waals surface area contributed by atoms with Gasteiger partial charge in [0, 0.05) is 49.4 Å². The maximum atomic E-state index is 12.3. The minimum Gasteiger partial charge on any atom is -0.444 e. The summed E-state index contributed by atoms with van der Waals surface area (Å²) in [5.74, 6) is 0.188. The molecular formula is C36H55ClN2O10S2. The molecule has 288 valence electrons. The lowest BCUT2D eigenvalue weighted by atomic mass is 9.99. The molecule has 0 radical (unpaired) electrons. The van der Waals surface area contributed by atoms with Crippen molar-refractivity contribution in [3.8, 4) is 0 Å². The average molecular weight is 775 g/mol. The fraction of sp³-hybridized carbons (Fsp3) is 0.611. The van der Waals surface area contributed by atoms with Crippen molar-refractivity contribution in [1.82, 2.24) is 9.80 Å². The highest BCUT2D eigenvalue weighted by Gasteiger charge is 2.29. The number of likely N-dealkylation sites (tertiary alicyclic amines) is 2. The van der Waals surface area contributed by atoms with E-state index in [0.717, 1.165) is 43.4 Å². The van der Waals surface area contributed by atoms with Crippen molar-refractivity contribution >= 4 is 42.0 Å². The number of benzene rings is 2. The first-order chi connectivity index (χ1) is 23.5. The van der Waals surface area contributed by atoms with Crippen LogP contribution in [0.4, 0.5) is 9.59 Å². The Hall–Kier alpha value is -2.91. The van der Waals surface area contributed by atoms with Gasteiger partial charge < -0.3 is 24.4 Å². The summed E-state index contributed by atoms with van der Waals surface area (Å²) in [6.45, 7) is 17.5. The molecule has 0 bridgehead atoms. The Kier molecular flexibility index (Phi) is 16.7. The second kappa shape index (κ2) is 19.2. The molecule has 2 aromatic rings. The van der Waals surface area contributed by atoms with Crippen LogP contribution in [0.5, 0.6) is 0 Å². The van der Waals surface area contributed by atoms with E-state index in [-0.39, 0.29) is 47.0 Å². The monoisotopic (exact) mass is 774 g/mol. The number of nitrogens with zero attached hydrogens (tertiary/aromatic N) is 2. The molecule has 0 unspecified atom stereocenters. The molecule has 51 heavy (non-hydrogen) atoms. The van der Waals surface area contributed by atoms with Gasteiger partial charge in [-0.2, -0.15) is 8.42 Å². The second-order valence-corrected chi connectivity index (χ2v) is 19.0. The number of carbonyl (C=O) groups is 2. The lowest BCUT2D eigenvalue weighted by Gasteiger charge is -2.33. The van der Waals surface area contributed by atoms with Crippen molar-refractivity contribution in [3.63, 3.8) is 0 Å². The average Bonchev–Trinajstić information content (AvgIpc) is 3.03. The van der Waals surface area contributed by atoms with Crippen molar-refractivity contribution in [3.05, 3.63) is 59.7 Å². The molecule has 2 amide bonds. The van der Waals surface area contributed by atoms with Crippen molar-refractivity contribution < 1.29 is 45.2 Å². The molecule has 0 spiro atoms. The Bertz CT molecular complexity index is 1620. The van der Waals surface area contributed by atoms with Crippen molar-refractivity contribution in [2.45, 2.75) is 102 Å². The molecule has 2 aliphatic rings. The second-order valence-electron chi connectivity index (χ2n) is 14.9. The predicted octanol–water partition coefficient (Wildman–Crippen LogP) is 6.90. The van der Waals surface area contributed by atoms with Crippen LogP contribution in [0.3, 0.4) is 0 Å². The minimum atomic E-state index is -3.78. The van der Waals surface area contributed by atoms with Crippen molar-refractivity contribution in [2.75, 3.05) is 39.4 Å². The van der Waals surface area contributed by atoms with Gasteiger partial charge in [-0.05, 0) is 111 Å². The molecule has 15 heteroatoms. The molecule has 2 saturated heterocycles. The summed E-state index contributed by atoms with van der Waals surface area (Å²) in [5, 5.41) is 9.04. The maximum absolute atomic E-state index is 12.3. The van der Waals surface area contributed by atoms with E-state index in [1.807, 2.05) is 55.4 Å². The number of amides is 2. The minimum absolute atomic E-state index is 0.0264. The zero-order chi connectivity index (χ0) is 38.6. The fourth-order valence-corrected chi connectivity index (χ4v) is 6.81. The van der Waals surface area contributed by atoms with E-state index in [9.17, 15) is 26.4 Å². The highest BCUT2D eigenvalue weighted by Crippen LogP contribution is 2.22. The van der Waals surface area contributed by atoms with Crippen LogP contribution in [-0.2, 0) is 32.8 Å². The summed E-state index contributed by atoms with van der Waals surface area (Å²) in [7, 11) is -2.24. The van der Waals surface area contributed by atoms with Gasteiger partial charge in [-0.1, -0.05) is 35.4 Å². The quantitative estimate of drug-likeness (QED) is 0.242. The van der Waals surface area contributed by atoms with E-state index in [1.165, 1.54) is 12.1 Å². The van der Waals surface area contributed by atoms with Crippen LogP contribution in [-0.4, -0.2) is 94.5 Å². The summed E-state index contributed by atoms with van der Waals surface area (Å²) in [6, 6.07) is 12.9. The zero-order valence-electron chi connectivity index (χ0n) is 31.1. The number of halogens is 1. The Morgan fingerprint density at radius 2 is 1.12 bits per heavy atom. The molecule has 0 aliphatic carbocycles. The number of ether oxygens (including phenoxy) is 2. The Morgan fingerprint density at radius 1 is 0.725 bits per heavy atom. The maximum Gasteiger partial charge on any atom is 0.410 e. The molecule has 2 aromatic carbocycles. The van der Waals surface area contributed by atoms with Crippen LogP contribution in [0.15, 0.2) is 58.3 Å². The summed E-state index contributed by atoms with van der Waals surface area (Å²) in [4.78, 5) is 27.5. The summed E-state index contributed by atoms with van der Waals surface area (Å²) in [6.07, 6.45) is 2.94. The van der Waals surface area contributed by atoms with Crippen LogP contribution in [0.25, 0.3) is 0 Å². The van der Waals surface area contributed by atoms with E-state index in [2.05, 4.69) is 0 Å². The molecule has 4 rings (SSSR count). The Labute approximate surface area is 308 Å². The number of aryl methyl sites for hydroxylation is 2. The molecule has 2 atom stereocenters. The Balaban J connectivity index is 0.000000293. The first-order valence-electron chi connectivity index (χ1n) is 17.0. The third-order valence-electron chi connectivity index (χ3n) is 7.67. The highest BCUT2D eigenvalue weighted by molar-refractivity contribution is 8.13. The van der Waals surface area contributed by atoms with Crippen molar-refractivity contribution in [2.24, 2.45) is 11.8 Å². The zero-order valence-corrected chi connectivity index (χ0v) is 33.4. The SMILES string of the molecule is CC(C)(C)OC(=O)N1CCC[C@@H](CO)C1.Cc1ccc(S(=O)(=O)Cl)cc1.Cc1ccc(S(=O)(=O)OC[C@@H]2CCCN(C(=O)OC(C)(C)C)C2)cc1. The molecular weight excluding hydrogens is 720 g/mol. The normalized spacial score (nSPS) is 18.4. The standard InChI is InChI=1S/C18H27NO5S.C11H21NO3.C7H7ClO2S/c1-14-7-9-16(10-8-14)25(21,22)23-13-15-6-5-11-19(12-15)17(20)24-18(2,3)4;1-11(2,3)15-10(14)12-6-4-5-9(7-12)8-13;1-6-2-4-7(5-3-6)11(8,9)10/h7-10,15H,5-6,11-13H2,1-4H3;9,13H,4-8H2,1-3H3;2-5H,1H3/t15-;9-;/m11./s1. The molecule has 0 aromatic heterocycles. The Morgan fingerprint density at radius 3 is 1.51 bits per heavy atom. The molecule has 2 heterocycles. The lowest BCUT2D eigenvalue weighted by Crippen LogP contribution is -2.44. The smallest absolute Gasteiger partial charge is 0.410 e. The fourth-order valence-electron chi connectivity index (χ4n) is 5.06. The number of rotatable bonds is 6. The van der Waals surface area contributed by atoms with Gasteiger partial charge in [0.2, 0.25) is 0 Å². The molecule has 1 N–H and O–H groups in total. The van der Waals surface area contributed by atoms with E-state index < -0.39 is 30.4 Å². The number of aliphatic hydroxyl groups excluding tert-OH is 1. The van der Waals surface area contributed by atoms with Crippen LogP contribution in [0, 0.1) is 25.7 Å². The number of hydrogen-bond donors (Lipinski definition) is 1. The van der Waals surface area contributed by atoms with E-state index in [0.29, 0.717) is 19.6 Å². The summed E-state index contributed by atoms with van der Waals surface area (Å²) < 4.78 is 61.8. The number of carbonyl (C=O) groups excluding carboxylic acids is 2. The topological polar surface area (TPSA) is 157 Å². The van der Waals surface area contributed by atoms with Gasteiger partial charge in [-0.3, -0.25) is 4.18 Å². The third-order valence-corrected chi connectivity index (χ3v) is 10.3. The van der Waals surface area contributed by atoms with Gasteiger partial charge in [0.25, 0.3) is 19.2 Å². The van der Waals surface area contributed by atoms with E-state index in [1.54, 1.807) is 46.2 Å². The highest BCUT2D eigenvalue weighted by atomic mass is 35.7. The van der Waals surface area contributed by atoms with Crippen molar-refractivity contribution in [1.29, 1.82) is 0 Å².